The minimum atomic E-state index is -0.619. The molecule has 1 heterocycles. The van der Waals surface area contributed by atoms with Gasteiger partial charge in [-0.15, -0.1) is 0 Å². The summed E-state index contributed by atoms with van der Waals surface area (Å²) in [5, 5.41) is 2.40. The van der Waals surface area contributed by atoms with E-state index in [0.29, 0.717) is 13.0 Å². The van der Waals surface area contributed by atoms with Crippen LogP contribution in [0.1, 0.15) is 19.8 Å². The number of rotatable bonds is 4. The van der Waals surface area contributed by atoms with Crippen molar-refractivity contribution in [1.29, 1.82) is 0 Å². The third-order valence-corrected chi connectivity index (χ3v) is 1.88. The lowest BCUT2D eigenvalue weighted by Gasteiger charge is -2.07. The molecule has 0 radical (unpaired) electrons. The summed E-state index contributed by atoms with van der Waals surface area (Å²) in [6.07, 6.45) is 0.0883. The first-order chi connectivity index (χ1) is 7.13. The molecule has 1 amide bonds. The van der Waals surface area contributed by atoms with Crippen LogP contribution in [0.15, 0.2) is 0 Å². The van der Waals surface area contributed by atoms with E-state index in [4.69, 9.17) is 0 Å². The van der Waals surface area contributed by atoms with E-state index in [2.05, 4.69) is 14.8 Å². The summed E-state index contributed by atoms with van der Waals surface area (Å²) in [6, 6.07) is -0.619. The number of ether oxygens (including phenoxy) is 2. The summed E-state index contributed by atoms with van der Waals surface area (Å²) >= 11 is 0. The predicted molar refractivity (Wildman–Crippen MR) is 48.8 cm³/mol. The highest BCUT2D eigenvalue weighted by Gasteiger charge is 2.28. The summed E-state index contributed by atoms with van der Waals surface area (Å²) < 4.78 is 9.24. The van der Waals surface area contributed by atoms with Crippen molar-refractivity contribution in [3.8, 4) is 0 Å². The maximum Gasteiger partial charge on any atom is 0.328 e. The highest BCUT2D eigenvalue weighted by molar-refractivity contribution is 5.96. The Morgan fingerprint density at radius 2 is 2.33 bits per heavy atom. The van der Waals surface area contributed by atoms with Crippen LogP contribution < -0.4 is 5.32 Å². The second-order valence-corrected chi connectivity index (χ2v) is 3.06. The summed E-state index contributed by atoms with van der Waals surface area (Å²) in [7, 11) is 0. The minimum absolute atomic E-state index is 0.234. The Labute approximate surface area is 86.9 Å². The fourth-order valence-corrected chi connectivity index (χ4v) is 1.22. The molecule has 0 aliphatic carbocycles. The molecule has 1 N–H and O–H groups in total. The third kappa shape index (κ3) is 3.57. The Hall–Kier alpha value is -1.59. The van der Waals surface area contributed by atoms with Gasteiger partial charge in [0.25, 0.3) is 0 Å². The van der Waals surface area contributed by atoms with Gasteiger partial charge in [0.1, 0.15) is 12.5 Å². The van der Waals surface area contributed by atoms with Gasteiger partial charge in [0.05, 0.1) is 13.2 Å². The van der Waals surface area contributed by atoms with E-state index in [0.717, 1.165) is 0 Å². The van der Waals surface area contributed by atoms with Crippen molar-refractivity contribution in [1.82, 2.24) is 5.32 Å². The molecule has 1 saturated heterocycles. The van der Waals surface area contributed by atoms with E-state index in [1.165, 1.54) is 0 Å². The Balaban J connectivity index is 2.29. The van der Waals surface area contributed by atoms with Gasteiger partial charge in [-0.05, 0) is 6.92 Å². The van der Waals surface area contributed by atoms with Gasteiger partial charge in [0.15, 0.2) is 0 Å². The molecule has 84 valence electrons. The van der Waals surface area contributed by atoms with E-state index < -0.39 is 23.9 Å². The third-order valence-electron chi connectivity index (χ3n) is 1.88. The first-order valence-electron chi connectivity index (χ1n) is 4.75. The summed E-state index contributed by atoms with van der Waals surface area (Å²) in [6.45, 7) is 2.20. The van der Waals surface area contributed by atoms with Crippen molar-refractivity contribution in [3.05, 3.63) is 0 Å². The van der Waals surface area contributed by atoms with E-state index >= 15 is 0 Å². The van der Waals surface area contributed by atoms with Crippen molar-refractivity contribution in [3.63, 3.8) is 0 Å². The van der Waals surface area contributed by atoms with Crippen molar-refractivity contribution in [2.75, 3.05) is 13.2 Å². The molecule has 6 nitrogen and oxygen atoms in total. The number of hydrogen-bond acceptors (Lipinski definition) is 5. The van der Waals surface area contributed by atoms with E-state index in [9.17, 15) is 14.4 Å². The SMILES string of the molecule is CCOC(=O)CC(=O)N[C@H]1CCOC1=O. The van der Waals surface area contributed by atoms with Crippen LogP contribution in [0.25, 0.3) is 0 Å². The molecule has 1 aliphatic heterocycles. The average Bonchev–Trinajstić information content (AvgIpc) is 2.52. The molecule has 1 rings (SSSR count). The van der Waals surface area contributed by atoms with Gasteiger partial charge in [-0.1, -0.05) is 0 Å². The second kappa shape index (κ2) is 5.33. The Morgan fingerprint density at radius 3 is 2.87 bits per heavy atom. The zero-order valence-corrected chi connectivity index (χ0v) is 8.45. The lowest BCUT2D eigenvalue weighted by atomic mass is 10.2. The molecule has 0 bridgehead atoms. The van der Waals surface area contributed by atoms with E-state index in [1.807, 2.05) is 0 Å². The molecule has 1 aliphatic rings. The van der Waals surface area contributed by atoms with Gasteiger partial charge in [0.2, 0.25) is 5.91 Å². The van der Waals surface area contributed by atoms with Gasteiger partial charge in [-0.3, -0.25) is 9.59 Å². The highest BCUT2D eigenvalue weighted by Crippen LogP contribution is 2.05. The number of carbonyl (C=O) groups excluding carboxylic acids is 3. The minimum Gasteiger partial charge on any atom is -0.466 e. The lowest BCUT2D eigenvalue weighted by molar-refractivity contribution is -0.147. The molecule has 15 heavy (non-hydrogen) atoms. The van der Waals surface area contributed by atoms with Crippen LogP contribution in [0.4, 0.5) is 0 Å². The first kappa shape index (κ1) is 11.5. The highest BCUT2D eigenvalue weighted by atomic mass is 16.5. The van der Waals surface area contributed by atoms with Crippen molar-refractivity contribution in [2.24, 2.45) is 0 Å². The number of carbonyl (C=O) groups is 3. The first-order valence-corrected chi connectivity index (χ1v) is 4.75. The van der Waals surface area contributed by atoms with Gasteiger partial charge in [-0.25, -0.2) is 4.79 Å². The number of amides is 1. The number of cyclic esters (lactones) is 1. The average molecular weight is 215 g/mol. The predicted octanol–water partition coefficient (Wildman–Crippen LogP) is -0.629. The fourth-order valence-electron chi connectivity index (χ4n) is 1.22. The quantitative estimate of drug-likeness (QED) is 0.499. The van der Waals surface area contributed by atoms with Crippen LogP contribution >= 0.6 is 0 Å². The van der Waals surface area contributed by atoms with Gasteiger partial charge >= 0.3 is 11.9 Å². The van der Waals surface area contributed by atoms with Crippen LogP contribution in [0.5, 0.6) is 0 Å². The summed E-state index contributed by atoms with van der Waals surface area (Å²) in [5.74, 6) is -1.56. The molecule has 1 atom stereocenters. The van der Waals surface area contributed by atoms with Crippen molar-refractivity contribution >= 4 is 17.8 Å². The monoisotopic (exact) mass is 215 g/mol. The maximum absolute atomic E-state index is 11.2. The molecule has 0 aromatic carbocycles. The van der Waals surface area contributed by atoms with Gasteiger partial charge in [-0.2, -0.15) is 0 Å². The summed E-state index contributed by atoms with van der Waals surface area (Å²) in [5.41, 5.74) is 0. The fraction of sp³-hybridized carbons (Fsp3) is 0.667. The van der Waals surface area contributed by atoms with Crippen LogP contribution in [-0.4, -0.2) is 37.1 Å². The number of esters is 2. The Morgan fingerprint density at radius 1 is 1.60 bits per heavy atom. The smallest absolute Gasteiger partial charge is 0.328 e. The van der Waals surface area contributed by atoms with Crippen LogP contribution in [-0.2, 0) is 23.9 Å². The normalized spacial score (nSPS) is 19.5. The molecule has 6 heteroatoms. The number of nitrogens with one attached hydrogen (secondary N) is 1. The van der Waals surface area contributed by atoms with E-state index in [-0.39, 0.29) is 13.0 Å². The van der Waals surface area contributed by atoms with Crippen molar-refractivity contribution in [2.45, 2.75) is 25.8 Å². The molecule has 0 saturated carbocycles. The summed E-state index contributed by atoms with van der Waals surface area (Å²) in [4.78, 5) is 33.1. The zero-order valence-electron chi connectivity index (χ0n) is 8.45. The lowest BCUT2D eigenvalue weighted by Crippen LogP contribution is -2.38. The van der Waals surface area contributed by atoms with Crippen LogP contribution in [0.3, 0.4) is 0 Å². The van der Waals surface area contributed by atoms with Gasteiger partial charge in [0, 0.05) is 6.42 Å². The van der Waals surface area contributed by atoms with Crippen LogP contribution in [0, 0.1) is 0 Å². The maximum atomic E-state index is 11.2. The van der Waals surface area contributed by atoms with E-state index in [1.54, 1.807) is 6.92 Å². The molecule has 1 fully saturated rings. The second-order valence-electron chi connectivity index (χ2n) is 3.06. The molecular formula is C9H13NO5. The molecule has 0 aromatic rings. The van der Waals surface area contributed by atoms with Gasteiger partial charge < -0.3 is 14.8 Å². The Kier molecular flexibility index (Phi) is 4.08. The molecule has 0 aromatic heterocycles. The zero-order chi connectivity index (χ0) is 11.3. The Bertz CT molecular complexity index is 276. The standard InChI is InChI=1S/C9H13NO5/c1-2-14-8(12)5-7(11)10-6-3-4-15-9(6)13/h6H,2-5H2,1H3,(H,10,11)/t6-/m0/s1. The largest absolute Gasteiger partial charge is 0.466 e. The number of hydrogen-bond donors (Lipinski definition) is 1. The molecule has 0 spiro atoms. The molecular weight excluding hydrogens is 202 g/mol. The molecule has 0 unspecified atom stereocenters. The van der Waals surface area contributed by atoms with Crippen molar-refractivity contribution < 1.29 is 23.9 Å². The van der Waals surface area contributed by atoms with Crippen LogP contribution in [0.2, 0.25) is 0 Å². The topological polar surface area (TPSA) is 81.7 Å².